The molecule has 0 bridgehead atoms. The average Bonchev–Trinajstić information content (AvgIpc) is 2.63. The molecule has 0 saturated heterocycles. The number of benzene rings is 2. The molecule has 0 aromatic heterocycles. The number of rotatable bonds is 3. The summed E-state index contributed by atoms with van der Waals surface area (Å²) < 4.78 is 12.0. The van der Waals surface area contributed by atoms with Gasteiger partial charge in [-0.05, 0) is 12.5 Å². The minimum absolute atomic E-state index is 0.662. The number of nitrogens with zero attached hydrogens (tertiary/aromatic N) is 3. The van der Waals surface area contributed by atoms with Crippen molar-refractivity contribution in [2.24, 2.45) is 4.99 Å². The molecule has 2 aliphatic heterocycles. The van der Waals surface area contributed by atoms with Crippen LogP contribution < -0.4 is 15.0 Å². The van der Waals surface area contributed by atoms with E-state index in [4.69, 9.17) is 14.1 Å². The summed E-state index contributed by atoms with van der Waals surface area (Å²) in [4.78, 5) is 12.6. The highest BCUT2D eigenvalue weighted by Crippen LogP contribution is 2.38. The topological polar surface area (TPSA) is 50.9 Å². The largest absolute Gasteiger partial charge is 0.491 e. The summed E-state index contributed by atoms with van der Waals surface area (Å²) in [6.07, 6.45) is 0.952. The third-order valence-corrected chi connectivity index (χ3v) is 5.36. The number of hydrogen-bond acceptors (Lipinski definition) is 6. The van der Waals surface area contributed by atoms with Crippen molar-refractivity contribution in [2.75, 3.05) is 37.9 Å². The van der Waals surface area contributed by atoms with Gasteiger partial charge in [0, 0.05) is 49.5 Å². The minimum atomic E-state index is 0.662. The van der Waals surface area contributed by atoms with Crippen LogP contribution >= 0.6 is 11.8 Å². The van der Waals surface area contributed by atoms with Crippen LogP contribution in [0.2, 0.25) is 0 Å². The molecule has 1 aromatic rings. The molecule has 0 radical (unpaired) electrons. The lowest BCUT2D eigenvalue weighted by Gasteiger charge is -2.27. The maximum absolute atomic E-state index is 6.15. The molecule has 1 aliphatic carbocycles. The number of ether oxygens (including phenoxy) is 1. The second kappa shape index (κ2) is 6.59. The number of anilines is 1. The van der Waals surface area contributed by atoms with Crippen molar-refractivity contribution in [3.63, 3.8) is 0 Å². The molecule has 3 aliphatic rings. The van der Waals surface area contributed by atoms with Crippen LogP contribution in [0.4, 0.5) is 5.69 Å². The summed E-state index contributed by atoms with van der Waals surface area (Å²) in [5.41, 5.74) is 3.67. The first-order valence-electron chi connectivity index (χ1n) is 8.52. The van der Waals surface area contributed by atoms with E-state index in [1.807, 2.05) is 23.9 Å². The lowest BCUT2D eigenvalue weighted by molar-refractivity contribution is 0.313. The van der Waals surface area contributed by atoms with Crippen LogP contribution in [0.25, 0.3) is 22.6 Å². The highest BCUT2D eigenvalue weighted by molar-refractivity contribution is 7.99. The van der Waals surface area contributed by atoms with Crippen LogP contribution in [0.5, 0.6) is 5.75 Å². The normalized spacial score (nSPS) is 15.0. The molecule has 0 N–H and O–H groups in total. The van der Waals surface area contributed by atoms with E-state index in [1.165, 1.54) is 10.6 Å². The Morgan fingerprint density at radius 2 is 2.20 bits per heavy atom. The number of hydrogen-bond donors (Lipinski definition) is 0. The second-order valence-corrected chi connectivity index (χ2v) is 7.27. The monoisotopic (exact) mass is 355 g/mol. The minimum Gasteiger partial charge on any atom is -0.491 e. The maximum atomic E-state index is 6.15. The Morgan fingerprint density at radius 1 is 1.32 bits per heavy atom. The van der Waals surface area contributed by atoms with E-state index < -0.39 is 0 Å². The van der Waals surface area contributed by atoms with Gasteiger partial charge >= 0.3 is 0 Å². The van der Waals surface area contributed by atoms with Crippen molar-refractivity contribution in [3.05, 3.63) is 29.6 Å². The van der Waals surface area contributed by atoms with Gasteiger partial charge in [-0.3, -0.25) is 4.99 Å². The first-order valence-corrected chi connectivity index (χ1v) is 9.50. The van der Waals surface area contributed by atoms with Crippen LogP contribution in [-0.2, 0) is 0 Å². The molecule has 0 fully saturated rings. The van der Waals surface area contributed by atoms with E-state index in [-0.39, 0.29) is 0 Å². The van der Waals surface area contributed by atoms with Gasteiger partial charge in [0.05, 0.1) is 12.3 Å². The summed E-state index contributed by atoms with van der Waals surface area (Å²) in [6, 6.07) is 8.05. The summed E-state index contributed by atoms with van der Waals surface area (Å²) in [5.74, 6) is 2.57. The SMILES string of the molecule is CCCOc1cc2nc3cc4c(cc3oc-2c/c1=N\C)N(C)CCS4. The van der Waals surface area contributed by atoms with Crippen molar-refractivity contribution in [2.45, 2.75) is 18.2 Å². The Balaban J connectivity index is 1.91. The molecular weight excluding hydrogens is 334 g/mol. The summed E-state index contributed by atoms with van der Waals surface area (Å²) in [7, 11) is 3.88. The van der Waals surface area contributed by atoms with E-state index in [2.05, 4.69) is 36.0 Å². The predicted octanol–water partition coefficient (Wildman–Crippen LogP) is 3.79. The highest BCUT2D eigenvalue weighted by atomic mass is 32.2. The number of thioether (sulfide) groups is 1. The van der Waals surface area contributed by atoms with Crippen LogP contribution in [0.3, 0.4) is 0 Å². The van der Waals surface area contributed by atoms with Crippen molar-refractivity contribution in [1.29, 1.82) is 0 Å². The van der Waals surface area contributed by atoms with Gasteiger partial charge < -0.3 is 14.1 Å². The predicted molar refractivity (Wildman–Crippen MR) is 102 cm³/mol. The zero-order chi connectivity index (χ0) is 17.4. The molecule has 0 unspecified atom stereocenters. The Labute approximate surface area is 151 Å². The second-order valence-electron chi connectivity index (χ2n) is 6.13. The van der Waals surface area contributed by atoms with Gasteiger partial charge in [0.25, 0.3) is 0 Å². The first kappa shape index (κ1) is 16.3. The molecular formula is C19H21N3O2S. The Kier molecular flexibility index (Phi) is 4.29. The molecule has 130 valence electrons. The Morgan fingerprint density at radius 3 is 3.00 bits per heavy atom. The van der Waals surface area contributed by atoms with Gasteiger partial charge in [0.1, 0.15) is 22.3 Å². The quantitative estimate of drug-likeness (QED) is 0.669. The fraction of sp³-hybridized carbons (Fsp3) is 0.368. The van der Waals surface area contributed by atoms with Crippen LogP contribution in [0.1, 0.15) is 13.3 Å². The van der Waals surface area contributed by atoms with Crippen molar-refractivity contribution < 1.29 is 9.15 Å². The van der Waals surface area contributed by atoms with E-state index in [1.54, 1.807) is 7.05 Å². The zero-order valence-electron chi connectivity index (χ0n) is 14.7. The Bertz CT molecular complexity index is 967. The van der Waals surface area contributed by atoms with Gasteiger partial charge in [-0.2, -0.15) is 0 Å². The molecule has 4 rings (SSSR count). The van der Waals surface area contributed by atoms with Crippen molar-refractivity contribution in [1.82, 2.24) is 4.98 Å². The number of fused-ring (bicyclic) bond motifs is 3. The fourth-order valence-electron chi connectivity index (χ4n) is 2.99. The van der Waals surface area contributed by atoms with E-state index in [0.717, 1.165) is 52.4 Å². The molecule has 0 spiro atoms. The molecule has 1 aromatic carbocycles. The molecule has 6 heteroatoms. The molecule has 0 amide bonds. The highest BCUT2D eigenvalue weighted by Gasteiger charge is 2.19. The lowest BCUT2D eigenvalue weighted by atomic mass is 10.2. The third kappa shape index (κ3) is 2.95. The van der Waals surface area contributed by atoms with E-state index in [9.17, 15) is 0 Å². The average molecular weight is 355 g/mol. The smallest absolute Gasteiger partial charge is 0.155 e. The number of aromatic nitrogens is 1. The van der Waals surface area contributed by atoms with Gasteiger partial charge in [-0.15, -0.1) is 11.8 Å². The van der Waals surface area contributed by atoms with Crippen LogP contribution in [-0.4, -0.2) is 38.0 Å². The van der Waals surface area contributed by atoms with Crippen molar-refractivity contribution in [3.8, 4) is 17.2 Å². The van der Waals surface area contributed by atoms with Gasteiger partial charge in [0.15, 0.2) is 11.3 Å². The summed E-state index contributed by atoms with van der Waals surface area (Å²) >= 11 is 1.87. The molecule has 2 heterocycles. The van der Waals surface area contributed by atoms with Gasteiger partial charge in [-0.25, -0.2) is 4.98 Å². The molecule has 5 nitrogen and oxygen atoms in total. The zero-order valence-corrected chi connectivity index (χ0v) is 15.5. The van der Waals surface area contributed by atoms with Crippen LogP contribution in [0, 0.1) is 0 Å². The molecule has 0 atom stereocenters. The molecule has 0 saturated carbocycles. The van der Waals surface area contributed by atoms with Crippen LogP contribution in [0.15, 0.2) is 38.6 Å². The first-order chi connectivity index (χ1) is 12.2. The maximum Gasteiger partial charge on any atom is 0.155 e. The third-order valence-electron chi connectivity index (χ3n) is 4.34. The fourth-order valence-corrected chi connectivity index (χ4v) is 4.14. The van der Waals surface area contributed by atoms with Gasteiger partial charge in [0.2, 0.25) is 0 Å². The van der Waals surface area contributed by atoms with E-state index >= 15 is 0 Å². The molecule has 25 heavy (non-hydrogen) atoms. The summed E-state index contributed by atoms with van der Waals surface area (Å²) in [6.45, 7) is 3.79. The summed E-state index contributed by atoms with van der Waals surface area (Å²) in [5, 5.41) is 0.788. The van der Waals surface area contributed by atoms with Crippen molar-refractivity contribution >= 4 is 28.5 Å². The Hall–Kier alpha value is -2.21. The van der Waals surface area contributed by atoms with E-state index in [0.29, 0.717) is 6.61 Å². The van der Waals surface area contributed by atoms with Gasteiger partial charge in [-0.1, -0.05) is 6.92 Å². The standard InChI is InChI=1S/C19H21N3O2S/c1-4-6-23-16-9-13-17(8-12(16)20-2)24-18-11-15-19(10-14(18)21-13)25-7-5-22(15)3/h8-11H,4-7H2,1-3H3/b20-12+. The lowest BCUT2D eigenvalue weighted by Crippen LogP contribution is -2.24.